The second-order valence-corrected chi connectivity index (χ2v) is 9.12. The molecule has 0 aliphatic carbocycles. The van der Waals surface area contributed by atoms with Crippen LogP contribution in [-0.2, 0) is 57.0 Å². The lowest BCUT2D eigenvalue weighted by Gasteiger charge is -2.48. The summed E-state index contributed by atoms with van der Waals surface area (Å²) in [6.45, 7) is 13.1. The predicted octanol–water partition coefficient (Wildman–Crippen LogP) is 4.59. The normalized spacial score (nSPS) is 15.3. The quantitative estimate of drug-likeness (QED) is 0.0747. The number of ether oxygens (including phenoxy) is 10. The summed E-state index contributed by atoms with van der Waals surface area (Å²) in [5, 5.41) is 8.80. The minimum absolute atomic E-state index is 0.0181. The van der Waals surface area contributed by atoms with Crippen molar-refractivity contribution in [3.63, 3.8) is 0 Å². The van der Waals surface area contributed by atoms with Crippen molar-refractivity contribution >= 4 is 11.9 Å². The van der Waals surface area contributed by atoms with Gasteiger partial charge in [0, 0.05) is 60.1 Å². The SMILES string of the molecule is CCOC(OC)C(OCC)(OCC)C(C)OC(OCC)(OC(=O)CCCCCCCC(=O)O)C(OC)(OCC)OCC. The Morgan fingerprint density at radius 3 is 1.57 bits per heavy atom. The number of aliphatic carboxylic acids is 1. The van der Waals surface area contributed by atoms with Crippen molar-refractivity contribution in [3.8, 4) is 0 Å². The van der Waals surface area contributed by atoms with Crippen LogP contribution in [0.4, 0.5) is 0 Å². The third kappa shape index (κ3) is 11.9. The van der Waals surface area contributed by atoms with Crippen LogP contribution in [0.2, 0.25) is 0 Å². The van der Waals surface area contributed by atoms with E-state index < -0.39 is 42.1 Å². The fourth-order valence-corrected chi connectivity index (χ4v) is 4.49. The molecule has 0 heterocycles. The molecule has 3 atom stereocenters. The lowest BCUT2D eigenvalue weighted by Crippen LogP contribution is -2.68. The highest BCUT2D eigenvalue weighted by molar-refractivity contribution is 5.69. The highest BCUT2D eigenvalue weighted by Gasteiger charge is 2.65. The molecular weight excluding hydrogens is 556 g/mol. The number of rotatable bonds is 28. The first kappa shape index (κ1) is 40.6. The second-order valence-electron chi connectivity index (χ2n) is 9.12. The van der Waals surface area contributed by atoms with E-state index in [4.69, 9.17) is 52.5 Å². The number of unbranched alkanes of at least 4 members (excludes halogenated alkanes) is 4. The molecule has 0 aliphatic rings. The standard InChI is InChI=1S/C29H56O13/c1-10-35-26(33-8)27(36-11-2,37-12-3)23(7)41-29(40-15-6,28(34-9,38-13-4)39-14-5)42-25(32)22-20-18-16-17-19-21-24(30)31/h23,26H,10-22H2,1-9H3,(H,30,31). The number of methoxy groups -OCH3 is 2. The molecule has 1 N–H and O–H groups in total. The zero-order valence-electron chi connectivity index (χ0n) is 27.2. The predicted molar refractivity (Wildman–Crippen MR) is 152 cm³/mol. The zero-order chi connectivity index (χ0) is 32.1. The topological polar surface area (TPSA) is 147 Å². The zero-order valence-corrected chi connectivity index (χ0v) is 27.2. The third-order valence-electron chi connectivity index (χ3n) is 6.17. The van der Waals surface area contributed by atoms with E-state index >= 15 is 0 Å². The van der Waals surface area contributed by atoms with E-state index in [1.54, 1.807) is 48.5 Å². The smallest absolute Gasteiger partial charge is 0.417 e. The number of esters is 1. The van der Waals surface area contributed by atoms with Gasteiger partial charge >= 0.3 is 23.9 Å². The molecule has 0 aromatic heterocycles. The van der Waals surface area contributed by atoms with Gasteiger partial charge in [0.2, 0.25) is 12.1 Å². The molecule has 250 valence electrons. The monoisotopic (exact) mass is 612 g/mol. The first-order chi connectivity index (χ1) is 20.1. The average Bonchev–Trinajstić information content (AvgIpc) is 2.94. The van der Waals surface area contributed by atoms with Crippen LogP contribution >= 0.6 is 0 Å². The number of carboxylic acid groups (broad SMARTS) is 1. The van der Waals surface area contributed by atoms with Gasteiger partial charge in [-0.3, -0.25) is 9.59 Å². The summed E-state index contributed by atoms with van der Waals surface area (Å²) in [4.78, 5) is 24.0. The van der Waals surface area contributed by atoms with Crippen LogP contribution in [0.25, 0.3) is 0 Å². The number of carbonyl (C=O) groups is 2. The number of hydrogen-bond acceptors (Lipinski definition) is 12. The van der Waals surface area contributed by atoms with Gasteiger partial charge < -0.3 is 52.5 Å². The van der Waals surface area contributed by atoms with Crippen molar-refractivity contribution < 1.29 is 62.1 Å². The highest BCUT2D eigenvalue weighted by Crippen LogP contribution is 2.40. The highest BCUT2D eigenvalue weighted by atomic mass is 17.0. The fourth-order valence-electron chi connectivity index (χ4n) is 4.49. The van der Waals surface area contributed by atoms with E-state index in [9.17, 15) is 9.59 Å². The molecule has 0 amide bonds. The van der Waals surface area contributed by atoms with E-state index in [2.05, 4.69) is 0 Å². The van der Waals surface area contributed by atoms with Gasteiger partial charge in [0.25, 0.3) is 0 Å². The Bertz CT molecular complexity index is 708. The van der Waals surface area contributed by atoms with Crippen LogP contribution in [0.5, 0.6) is 0 Å². The molecule has 0 rings (SSSR count). The van der Waals surface area contributed by atoms with Crippen molar-refractivity contribution in [2.45, 2.75) is 124 Å². The fraction of sp³-hybridized carbons (Fsp3) is 0.931. The molecule has 0 bridgehead atoms. The van der Waals surface area contributed by atoms with Crippen LogP contribution in [0, 0.1) is 0 Å². The molecule has 0 aliphatic heterocycles. The molecule has 0 aromatic carbocycles. The van der Waals surface area contributed by atoms with Gasteiger partial charge in [-0.05, 0) is 61.3 Å². The summed E-state index contributed by atoms with van der Waals surface area (Å²) in [7, 11) is 2.78. The molecule has 0 saturated heterocycles. The molecule has 42 heavy (non-hydrogen) atoms. The molecule has 3 unspecified atom stereocenters. The second kappa shape index (κ2) is 22.1. The molecule has 13 heteroatoms. The van der Waals surface area contributed by atoms with E-state index in [1.165, 1.54) is 14.2 Å². The maximum Gasteiger partial charge on any atom is 0.417 e. The van der Waals surface area contributed by atoms with Crippen LogP contribution in [-0.4, -0.2) is 101 Å². The van der Waals surface area contributed by atoms with Gasteiger partial charge in [-0.1, -0.05) is 19.3 Å². The van der Waals surface area contributed by atoms with Crippen molar-refractivity contribution in [1.82, 2.24) is 0 Å². The summed E-state index contributed by atoms with van der Waals surface area (Å²) in [5.41, 5.74) is 0. The Balaban J connectivity index is 6.48. The number of carbonyl (C=O) groups excluding carboxylic acids is 1. The number of carboxylic acids is 1. The van der Waals surface area contributed by atoms with E-state index in [-0.39, 0.29) is 52.5 Å². The third-order valence-corrected chi connectivity index (χ3v) is 6.17. The van der Waals surface area contributed by atoms with Crippen LogP contribution in [0.3, 0.4) is 0 Å². The first-order valence-electron chi connectivity index (χ1n) is 15.1. The Morgan fingerprint density at radius 1 is 0.667 bits per heavy atom. The average molecular weight is 613 g/mol. The number of hydrogen-bond donors (Lipinski definition) is 1. The van der Waals surface area contributed by atoms with Gasteiger partial charge in [0.05, 0.1) is 6.61 Å². The molecule has 0 saturated carbocycles. The van der Waals surface area contributed by atoms with Gasteiger partial charge in [-0.25, -0.2) is 0 Å². The lowest BCUT2D eigenvalue weighted by atomic mass is 10.1. The van der Waals surface area contributed by atoms with Gasteiger partial charge in [0.15, 0.2) is 0 Å². The molecule has 13 nitrogen and oxygen atoms in total. The lowest BCUT2D eigenvalue weighted by molar-refractivity contribution is -0.560. The van der Waals surface area contributed by atoms with Crippen molar-refractivity contribution in [2.75, 3.05) is 53.9 Å². The Kier molecular flexibility index (Phi) is 21.4. The minimum Gasteiger partial charge on any atom is -0.481 e. The molecule has 0 radical (unpaired) electrons. The van der Waals surface area contributed by atoms with E-state index in [0.29, 0.717) is 19.3 Å². The largest absolute Gasteiger partial charge is 0.481 e. The first-order valence-corrected chi connectivity index (χ1v) is 15.1. The van der Waals surface area contributed by atoms with Crippen LogP contribution in [0.1, 0.15) is 93.4 Å². The summed E-state index contributed by atoms with van der Waals surface area (Å²) in [5.74, 6) is -7.60. The van der Waals surface area contributed by atoms with Crippen molar-refractivity contribution in [1.29, 1.82) is 0 Å². The maximum atomic E-state index is 13.3. The molecular formula is C29H56O13. The van der Waals surface area contributed by atoms with E-state index in [0.717, 1.165) is 12.8 Å². The van der Waals surface area contributed by atoms with Crippen molar-refractivity contribution in [2.24, 2.45) is 0 Å². The summed E-state index contributed by atoms with van der Waals surface area (Å²) >= 11 is 0. The van der Waals surface area contributed by atoms with Gasteiger partial charge in [-0.15, -0.1) is 0 Å². The Morgan fingerprint density at radius 2 is 1.14 bits per heavy atom. The Hall–Kier alpha value is -1.42. The summed E-state index contributed by atoms with van der Waals surface area (Å²) in [6, 6.07) is 0. The maximum absolute atomic E-state index is 13.3. The molecule has 0 aromatic rings. The Labute approximate surface area is 251 Å². The van der Waals surface area contributed by atoms with E-state index in [1.807, 2.05) is 0 Å². The van der Waals surface area contributed by atoms with Crippen LogP contribution in [0.15, 0.2) is 0 Å². The minimum atomic E-state index is -2.37. The van der Waals surface area contributed by atoms with Gasteiger partial charge in [0.1, 0.15) is 6.10 Å². The van der Waals surface area contributed by atoms with Crippen molar-refractivity contribution in [3.05, 3.63) is 0 Å². The molecule has 0 spiro atoms. The molecule has 0 fully saturated rings. The summed E-state index contributed by atoms with van der Waals surface area (Å²) in [6.07, 6.45) is 1.39. The summed E-state index contributed by atoms with van der Waals surface area (Å²) < 4.78 is 59.8. The van der Waals surface area contributed by atoms with Gasteiger partial charge in [-0.2, -0.15) is 0 Å². The van der Waals surface area contributed by atoms with Crippen LogP contribution < -0.4 is 0 Å².